The smallest absolute Gasteiger partial charge is 0.336 e. The number of hydrogen-bond donors (Lipinski definition) is 0. The maximum atomic E-state index is 11.0. The summed E-state index contributed by atoms with van der Waals surface area (Å²) in [5.74, 6) is 0. The van der Waals surface area contributed by atoms with Gasteiger partial charge in [0.1, 0.15) is 11.2 Å². The van der Waals surface area contributed by atoms with Gasteiger partial charge in [0.05, 0.1) is 18.8 Å². The molecular weight excluding hydrogens is 244 g/mol. The Labute approximate surface area is 107 Å². The standard InChI is InChI=1S/C11H6O3.C4H4O/c12-11-2-1-7-5-8-3-4-13-9(8)6-10(7)14-11;1-2-4-5-3-1/h1-6H;1-4H. The van der Waals surface area contributed by atoms with Gasteiger partial charge < -0.3 is 13.3 Å². The largest absolute Gasteiger partial charge is 0.473 e. The van der Waals surface area contributed by atoms with Crippen molar-refractivity contribution in [2.75, 3.05) is 0 Å². The van der Waals surface area contributed by atoms with E-state index in [-0.39, 0.29) is 5.63 Å². The van der Waals surface area contributed by atoms with Crippen molar-refractivity contribution in [3.8, 4) is 0 Å². The van der Waals surface area contributed by atoms with Crippen LogP contribution in [0.2, 0.25) is 0 Å². The first-order valence-corrected chi connectivity index (χ1v) is 5.71. The first-order valence-electron chi connectivity index (χ1n) is 5.71. The topological polar surface area (TPSA) is 56.5 Å². The zero-order chi connectivity index (χ0) is 13.1. The quantitative estimate of drug-likeness (QED) is 0.447. The molecule has 0 saturated heterocycles. The highest BCUT2D eigenvalue weighted by molar-refractivity contribution is 5.92. The van der Waals surface area contributed by atoms with Crippen molar-refractivity contribution in [2.45, 2.75) is 0 Å². The van der Waals surface area contributed by atoms with E-state index in [0.717, 1.165) is 16.4 Å². The van der Waals surface area contributed by atoms with Crippen LogP contribution >= 0.6 is 0 Å². The number of furan rings is 2. The van der Waals surface area contributed by atoms with Gasteiger partial charge in [-0.3, -0.25) is 0 Å². The van der Waals surface area contributed by atoms with Gasteiger partial charge in [0, 0.05) is 22.9 Å². The highest BCUT2D eigenvalue weighted by atomic mass is 16.4. The molecule has 0 radical (unpaired) electrons. The van der Waals surface area contributed by atoms with Crippen LogP contribution in [0.5, 0.6) is 0 Å². The summed E-state index contributed by atoms with van der Waals surface area (Å²) >= 11 is 0. The minimum absolute atomic E-state index is 0.344. The fourth-order valence-corrected chi connectivity index (χ4v) is 1.75. The molecular formula is C15H10O4. The van der Waals surface area contributed by atoms with Crippen molar-refractivity contribution in [3.63, 3.8) is 0 Å². The molecule has 0 spiro atoms. The van der Waals surface area contributed by atoms with Gasteiger partial charge in [-0.05, 0) is 30.3 Å². The molecule has 1 aromatic carbocycles. The average Bonchev–Trinajstić information content (AvgIpc) is 3.10. The van der Waals surface area contributed by atoms with Crippen LogP contribution in [0.4, 0.5) is 0 Å². The van der Waals surface area contributed by atoms with Crippen LogP contribution in [0.3, 0.4) is 0 Å². The molecule has 0 fully saturated rings. The van der Waals surface area contributed by atoms with Gasteiger partial charge in [-0.15, -0.1) is 0 Å². The van der Waals surface area contributed by atoms with Crippen molar-refractivity contribution in [2.24, 2.45) is 0 Å². The monoisotopic (exact) mass is 254 g/mol. The van der Waals surface area contributed by atoms with E-state index in [0.29, 0.717) is 5.58 Å². The Hall–Kier alpha value is -2.75. The van der Waals surface area contributed by atoms with E-state index in [9.17, 15) is 4.79 Å². The zero-order valence-corrected chi connectivity index (χ0v) is 9.91. The van der Waals surface area contributed by atoms with Crippen molar-refractivity contribution in [3.05, 3.63) is 71.7 Å². The maximum Gasteiger partial charge on any atom is 0.336 e. The Bertz CT molecular complexity index is 820. The van der Waals surface area contributed by atoms with E-state index in [2.05, 4.69) is 4.42 Å². The Morgan fingerprint density at radius 1 is 0.789 bits per heavy atom. The van der Waals surface area contributed by atoms with E-state index in [4.69, 9.17) is 8.83 Å². The summed E-state index contributed by atoms with van der Waals surface area (Å²) < 4.78 is 14.8. The second-order valence-electron chi connectivity index (χ2n) is 3.90. The van der Waals surface area contributed by atoms with Crippen LogP contribution in [-0.4, -0.2) is 0 Å². The van der Waals surface area contributed by atoms with Gasteiger partial charge in [-0.25, -0.2) is 4.79 Å². The predicted octanol–water partition coefficient (Wildman–Crippen LogP) is 3.82. The van der Waals surface area contributed by atoms with Crippen LogP contribution < -0.4 is 5.63 Å². The lowest BCUT2D eigenvalue weighted by molar-refractivity contribution is 0.559. The van der Waals surface area contributed by atoms with Crippen LogP contribution in [0.25, 0.3) is 21.9 Å². The van der Waals surface area contributed by atoms with Gasteiger partial charge in [0.2, 0.25) is 0 Å². The predicted molar refractivity (Wildman–Crippen MR) is 71.0 cm³/mol. The molecule has 3 heterocycles. The van der Waals surface area contributed by atoms with E-state index >= 15 is 0 Å². The van der Waals surface area contributed by atoms with Gasteiger partial charge in [0.25, 0.3) is 0 Å². The Morgan fingerprint density at radius 3 is 2.32 bits per heavy atom. The van der Waals surface area contributed by atoms with Crippen LogP contribution in [0.1, 0.15) is 0 Å². The van der Waals surface area contributed by atoms with Gasteiger partial charge in [0.15, 0.2) is 0 Å². The molecule has 0 aliphatic carbocycles. The third-order valence-electron chi connectivity index (χ3n) is 2.62. The summed E-state index contributed by atoms with van der Waals surface area (Å²) in [4.78, 5) is 11.0. The summed E-state index contributed by atoms with van der Waals surface area (Å²) in [5.41, 5.74) is 0.940. The van der Waals surface area contributed by atoms with E-state index < -0.39 is 0 Å². The van der Waals surface area contributed by atoms with Crippen molar-refractivity contribution >= 4 is 21.9 Å². The molecule has 0 atom stereocenters. The fraction of sp³-hybridized carbons (Fsp3) is 0. The molecule has 0 aliphatic heterocycles. The maximum absolute atomic E-state index is 11.0. The third kappa shape index (κ3) is 2.42. The zero-order valence-electron chi connectivity index (χ0n) is 9.91. The molecule has 4 nitrogen and oxygen atoms in total. The number of benzene rings is 1. The molecule has 0 bridgehead atoms. The summed E-state index contributed by atoms with van der Waals surface area (Å²) in [7, 11) is 0. The first-order chi connectivity index (χ1) is 9.33. The molecule has 4 aromatic rings. The molecule has 94 valence electrons. The molecule has 3 aromatic heterocycles. The lowest BCUT2D eigenvalue weighted by Gasteiger charge is -1.94. The SMILES string of the molecule is O=c1ccc2cc3ccoc3cc2o1.c1ccoc1. The van der Waals surface area contributed by atoms with Gasteiger partial charge in [-0.1, -0.05) is 0 Å². The van der Waals surface area contributed by atoms with E-state index in [1.807, 2.05) is 24.3 Å². The summed E-state index contributed by atoms with van der Waals surface area (Å²) in [6, 6.07) is 12.4. The van der Waals surface area contributed by atoms with Crippen LogP contribution in [-0.2, 0) is 0 Å². The minimum atomic E-state index is -0.344. The summed E-state index contributed by atoms with van der Waals surface area (Å²) in [6.07, 6.45) is 4.86. The summed E-state index contributed by atoms with van der Waals surface area (Å²) in [5, 5.41) is 1.91. The fourth-order valence-electron chi connectivity index (χ4n) is 1.75. The van der Waals surface area contributed by atoms with Gasteiger partial charge in [-0.2, -0.15) is 0 Å². The van der Waals surface area contributed by atoms with Crippen LogP contribution in [0.15, 0.2) is 79.3 Å². The molecule has 0 unspecified atom stereocenters. The van der Waals surface area contributed by atoms with Crippen molar-refractivity contribution < 1.29 is 13.3 Å². The number of rotatable bonds is 0. The second-order valence-corrected chi connectivity index (χ2v) is 3.90. The van der Waals surface area contributed by atoms with E-state index in [1.165, 1.54) is 6.07 Å². The van der Waals surface area contributed by atoms with Crippen LogP contribution in [0, 0.1) is 0 Å². The molecule has 0 saturated carbocycles. The Morgan fingerprint density at radius 2 is 1.58 bits per heavy atom. The molecule has 4 rings (SSSR count). The highest BCUT2D eigenvalue weighted by Gasteiger charge is 2.01. The first kappa shape index (κ1) is 11.3. The number of hydrogen-bond acceptors (Lipinski definition) is 4. The Balaban J connectivity index is 0.000000187. The Kier molecular flexibility index (Phi) is 2.90. The van der Waals surface area contributed by atoms with Gasteiger partial charge >= 0.3 is 5.63 Å². The second kappa shape index (κ2) is 4.86. The minimum Gasteiger partial charge on any atom is -0.473 e. The summed E-state index contributed by atoms with van der Waals surface area (Å²) in [6.45, 7) is 0. The van der Waals surface area contributed by atoms with Crippen molar-refractivity contribution in [1.29, 1.82) is 0 Å². The normalized spacial score (nSPS) is 10.3. The molecule has 4 heteroatoms. The lowest BCUT2D eigenvalue weighted by Crippen LogP contribution is -1.93. The molecule has 0 N–H and O–H groups in total. The third-order valence-corrected chi connectivity index (χ3v) is 2.62. The highest BCUT2D eigenvalue weighted by Crippen LogP contribution is 2.22. The van der Waals surface area contributed by atoms with Crippen molar-refractivity contribution in [1.82, 2.24) is 0 Å². The molecule has 0 amide bonds. The number of fused-ring (bicyclic) bond motifs is 2. The lowest BCUT2D eigenvalue weighted by atomic mass is 10.2. The molecule has 0 aliphatic rings. The molecule has 19 heavy (non-hydrogen) atoms. The van der Waals surface area contributed by atoms with E-state index in [1.54, 1.807) is 30.9 Å². The average molecular weight is 254 g/mol.